The van der Waals surface area contributed by atoms with Crippen molar-refractivity contribution in [3.63, 3.8) is 0 Å². The highest BCUT2D eigenvalue weighted by atomic mass is 16.4. The number of hydrogen-bond donors (Lipinski definition) is 1. The number of hydrogen-bond acceptors (Lipinski definition) is 2. The van der Waals surface area contributed by atoms with E-state index in [-0.39, 0.29) is 11.9 Å². The van der Waals surface area contributed by atoms with Gasteiger partial charge in [0.2, 0.25) is 0 Å². The van der Waals surface area contributed by atoms with Crippen LogP contribution in [0.3, 0.4) is 0 Å². The van der Waals surface area contributed by atoms with Gasteiger partial charge in [-0.1, -0.05) is 12.1 Å². The van der Waals surface area contributed by atoms with Gasteiger partial charge in [0.25, 0.3) is 5.91 Å². The number of nitrogens with zero attached hydrogens (tertiary/aromatic N) is 1. The summed E-state index contributed by atoms with van der Waals surface area (Å²) < 4.78 is 0. The second-order valence-corrected chi connectivity index (χ2v) is 4.88. The average Bonchev–Trinajstić information content (AvgIpc) is 2.37. The number of amides is 1. The predicted molar refractivity (Wildman–Crippen MR) is 79.7 cm³/mol. The van der Waals surface area contributed by atoms with E-state index < -0.39 is 5.97 Å². The van der Waals surface area contributed by atoms with E-state index in [0.29, 0.717) is 12.1 Å². The molecule has 0 atom stereocenters. The lowest BCUT2D eigenvalue weighted by atomic mass is 10.0. The minimum absolute atomic E-state index is 0.0226. The maximum Gasteiger partial charge on any atom is 0.328 e. The van der Waals surface area contributed by atoms with Crippen LogP contribution in [0.5, 0.6) is 0 Å². The van der Waals surface area contributed by atoms with Crippen LogP contribution in [-0.4, -0.2) is 34.5 Å². The Morgan fingerprint density at radius 2 is 2.00 bits per heavy atom. The van der Waals surface area contributed by atoms with E-state index in [2.05, 4.69) is 0 Å². The first-order valence-electron chi connectivity index (χ1n) is 6.70. The third-order valence-electron chi connectivity index (χ3n) is 3.24. The van der Waals surface area contributed by atoms with Gasteiger partial charge in [-0.3, -0.25) is 4.79 Å². The van der Waals surface area contributed by atoms with Gasteiger partial charge in [-0.05, 0) is 51.0 Å². The zero-order chi connectivity index (χ0) is 15.3. The molecule has 0 heterocycles. The number of benzene rings is 1. The summed E-state index contributed by atoms with van der Waals surface area (Å²) in [6, 6.07) is 5.48. The highest BCUT2D eigenvalue weighted by molar-refractivity contribution is 5.97. The van der Waals surface area contributed by atoms with Crippen LogP contribution >= 0.6 is 0 Å². The van der Waals surface area contributed by atoms with E-state index >= 15 is 0 Å². The minimum atomic E-state index is -1.00. The van der Waals surface area contributed by atoms with Crippen molar-refractivity contribution < 1.29 is 14.7 Å². The lowest BCUT2D eigenvalue weighted by molar-refractivity contribution is -0.131. The van der Waals surface area contributed by atoms with E-state index in [1.54, 1.807) is 23.1 Å². The predicted octanol–water partition coefficient (Wildman–Crippen LogP) is 2.96. The van der Waals surface area contributed by atoms with Crippen LogP contribution in [0.4, 0.5) is 0 Å². The van der Waals surface area contributed by atoms with Crippen molar-refractivity contribution >= 4 is 18.0 Å². The van der Waals surface area contributed by atoms with Gasteiger partial charge in [-0.25, -0.2) is 4.79 Å². The van der Waals surface area contributed by atoms with Crippen LogP contribution in [0.25, 0.3) is 6.08 Å². The fraction of sp³-hybridized carbons (Fsp3) is 0.375. The summed E-state index contributed by atoms with van der Waals surface area (Å²) in [5.41, 5.74) is 2.17. The summed E-state index contributed by atoms with van der Waals surface area (Å²) in [6.45, 7) is 8.38. The Bertz CT molecular complexity index is 533. The van der Waals surface area contributed by atoms with Crippen molar-refractivity contribution in [2.45, 2.75) is 33.7 Å². The van der Waals surface area contributed by atoms with Crippen molar-refractivity contribution in [1.82, 2.24) is 4.90 Å². The Kier molecular flexibility index (Phi) is 5.50. The van der Waals surface area contributed by atoms with Gasteiger partial charge in [0.15, 0.2) is 0 Å². The molecule has 1 N–H and O–H groups in total. The monoisotopic (exact) mass is 275 g/mol. The Balaban J connectivity index is 3.17. The van der Waals surface area contributed by atoms with Gasteiger partial charge in [0.05, 0.1) is 0 Å². The van der Waals surface area contributed by atoms with E-state index in [4.69, 9.17) is 5.11 Å². The first kappa shape index (κ1) is 16.0. The Hall–Kier alpha value is -2.10. The standard InChI is InChI=1S/C16H21NO3/c1-5-17(11(2)3)16(20)14-8-6-7-13(12(14)4)9-10-15(18)19/h6-11H,5H2,1-4H3,(H,18,19). The number of carbonyl (C=O) groups excluding carboxylic acids is 1. The lowest BCUT2D eigenvalue weighted by Crippen LogP contribution is -2.37. The molecule has 0 saturated heterocycles. The fourth-order valence-corrected chi connectivity index (χ4v) is 2.12. The Morgan fingerprint density at radius 3 is 2.50 bits per heavy atom. The van der Waals surface area contributed by atoms with Gasteiger partial charge >= 0.3 is 5.97 Å². The van der Waals surface area contributed by atoms with Crippen molar-refractivity contribution in [2.75, 3.05) is 6.54 Å². The molecule has 1 aromatic carbocycles. The molecule has 0 aliphatic heterocycles. The molecule has 0 radical (unpaired) electrons. The zero-order valence-electron chi connectivity index (χ0n) is 12.4. The second kappa shape index (κ2) is 6.89. The number of carboxylic acids is 1. The number of carbonyl (C=O) groups is 2. The molecule has 0 bridgehead atoms. The summed E-state index contributed by atoms with van der Waals surface area (Å²) in [4.78, 5) is 24.9. The first-order valence-corrected chi connectivity index (χ1v) is 6.70. The molecule has 0 saturated carbocycles. The highest BCUT2D eigenvalue weighted by Crippen LogP contribution is 2.18. The van der Waals surface area contributed by atoms with Crippen molar-refractivity contribution in [2.24, 2.45) is 0 Å². The molecule has 0 aliphatic carbocycles. The first-order chi connectivity index (χ1) is 9.38. The molecule has 0 aliphatic rings. The molecule has 0 fully saturated rings. The quantitative estimate of drug-likeness (QED) is 0.840. The number of aliphatic carboxylic acids is 1. The van der Waals surface area contributed by atoms with Crippen LogP contribution in [0.2, 0.25) is 0 Å². The fourth-order valence-electron chi connectivity index (χ4n) is 2.12. The second-order valence-electron chi connectivity index (χ2n) is 4.88. The van der Waals surface area contributed by atoms with E-state index in [0.717, 1.165) is 17.2 Å². The highest BCUT2D eigenvalue weighted by Gasteiger charge is 2.19. The molecule has 20 heavy (non-hydrogen) atoms. The van der Waals surface area contributed by atoms with E-state index in [1.807, 2.05) is 27.7 Å². The van der Waals surface area contributed by atoms with Crippen LogP contribution in [0, 0.1) is 6.92 Å². The van der Waals surface area contributed by atoms with Gasteiger partial charge in [0, 0.05) is 24.2 Å². The van der Waals surface area contributed by atoms with Gasteiger partial charge in [-0.15, -0.1) is 0 Å². The Labute approximate surface area is 119 Å². The molecule has 1 rings (SSSR count). The normalized spacial score (nSPS) is 11.1. The van der Waals surface area contributed by atoms with Gasteiger partial charge in [0.1, 0.15) is 0 Å². The van der Waals surface area contributed by atoms with Crippen LogP contribution in [-0.2, 0) is 4.79 Å². The molecule has 0 spiro atoms. The SMILES string of the molecule is CCN(C(=O)c1cccc(C=CC(=O)O)c1C)C(C)C. The summed E-state index contributed by atoms with van der Waals surface area (Å²) in [7, 11) is 0. The van der Waals surface area contributed by atoms with Crippen molar-refractivity contribution in [1.29, 1.82) is 0 Å². The van der Waals surface area contributed by atoms with E-state index in [9.17, 15) is 9.59 Å². The smallest absolute Gasteiger partial charge is 0.328 e. The maximum absolute atomic E-state index is 12.5. The van der Waals surface area contributed by atoms with E-state index in [1.165, 1.54) is 6.08 Å². The summed E-state index contributed by atoms with van der Waals surface area (Å²) in [5.74, 6) is -1.02. The molecular formula is C16H21NO3. The third-order valence-corrected chi connectivity index (χ3v) is 3.24. The summed E-state index contributed by atoms with van der Waals surface area (Å²) in [6.07, 6.45) is 2.59. The zero-order valence-corrected chi connectivity index (χ0v) is 12.4. The van der Waals surface area contributed by atoms with Gasteiger partial charge < -0.3 is 10.0 Å². The topological polar surface area (TPSA) is 57.6 Å². The molecule has 0 aromatic heterocycles. The third kappa shape index (κ3) is 3.70. The molecule has 0 unspecified atom stereocenters. The van der Waals surface area contributed by atoms with Gasteiger partial charge in [-0.2, -0.15) is 0 Å². The molecule has 1 amide bonds. The van der Waals surface area contributed by atoms with Crippen molar-refractivity contribution in [3.8, 4) is 0 Å². The largest absolute Gasteiger partial charge is 0.478 e. The summed E-state index contributed by atoms with van der Waals surface area (Å²) >= 11 is 0. The minimum Gasteiger partial charge on any atom is -0.478 e. The number of rotatable bonds is 5. The number of carboxylic acid groups (broad SMARTS) is 1. The molecular weight excluding hydrogens is 254 g/mol. The Morgan fingerprint density at radius 1 is 1.35 bits per heavy atom. The molecule has 4 nitrogen and oxygen atoms in total. The van der Waals surface area contributed by atoms with Crippen molar-refractivity contribution in [3.05, 3.63) is 41.0 Å². The van der Waals surface area contributed by atoms with Crippen LogP contribution < -0.4 is 0 Å². The summed E-state index contributed by atoms with van der Waals surface area (Å²) in [5, 5.41) is 8.68. The van der Waals surface area contributed by atoms with Crippen LogP contribution in [0.15, 0.2) is 24.3 Å². The molecule has 1 aromatic rings. The van der Waals surface area contributed by atoms with Crippen LogP contribution in [0.1, 0.15) is 42.3 Å². The maximum atomic E-state index is 12.5. The molecule has 108 valence electrons. The lowest BCUT2D eigenvalue weighted by Gasteiger charge is -2.26. The average molecular weight is 275 g/mol. The molecule has 4 heteroatoms.